The Balaban J connectivity index is 2.08. The van der Waals surface area contributed by atoms with Crippen LogP contribution >= 0.6 is 11.3 Å². The van der Waals surface area contributed by atoms with Gasteiger partial charge in [0.15, 0.2) is 0 Å². The lowest BCUT2D eigenvalue weighted by molar-refractivity contribution is 0.588. The fraction of sp³-hybridized carbons (Fsp3) is 0.250. The fourth-order valence-corrected chi connectivity index (χ4v) is 3.17. The molecule has 0 aliphatic rings. The van der Waals surface area contributed by atoms with E-state index in [4.69, 9.17) is 0 Å². The smallest absolute Gasteiger partial charge is 0.242 e. The summed E-state index contributed by atoms with van der Waals surface area (Å²) in [6.07, 6.45) is 2.53. The van der Waals surface area contributed by atoms with Crippen molar-refractivity contribution in [3.8, 4) is 0 Å². The van der Waals surface area contributed by atoms with Gasteiger partial charge in [0, 0.05) is 24.5 Å². The first-order valence-corrected chi connectivity index (χ1v) is 8.14. The van der Waals surface area contributed by atoms with Crippen LogP contribution in [0.2, 0.25) is 0 Å². The molecule has 0 bridgehead atoms. The average Bonchev–Trinajstić information content (AvgIpc) is 2.92. The van der Waals surface area contributed by atoms with Crippen LogP contribution in [0.1, 0.15) is 5.01 Å². The Morgan fingerprint density at radius 3 is 2.79 bits per heavy atom. The lowest BCUT2D eigenvalue weighted by Crippen LogP contribution is -2.20. The standard InChI is InChI=1S/C12H15N3O2S2/c1-13-19(16,17)11-5-3-2-4-10(11)14-7-6-12-15-8-9-18-12/h2-5,8-9,13-14H,6-7H2,1H3. The van der Waals surface area contributed by atoms with Gasteiger partial charge in [-0.25, -0.2) is 18.1 Å². The number of aromatic nitrogens is 1. The molecule has 0 saturated carbocycles. The molecule has 5 nitrogen and oxygen atoms in total. The summed E-state index contributed by atoms with van der Waals surface area (Å²) in [5.41, 5.74) is 0.605. The van der Waals surface area contributed by atoms with Crippen molar-refractivity contribution < 1.29 is 8.42 Å². The van der Waals surface area contributed by atoms with Gasteiger partial charge in [-0.2, -0.15) is 0 Å². The Morgan fingerprint density at radius 1 is 1.32 bits per heavy atom. The topological polar surface area (TPSA) is 71.1 Å². The normalized spacial score (nSPS) is 11.4. The van der Waals surface area contributed by atoms with Crippen LogP contribution < -0.4 is 10.0 Å². The Kier molecular flexibility index (Phi) is 4.52. The molecular formula is C12H15N3O2S2. The molecule has 0 amide bonds. The minimum atomic E-state index is -3.44. The quantitative estimate of drug-likeness (QED) is 0.851. The third-order valence-electron chi connectivity index (χ3n) is 2.58. The number of rotatable bonds is 6. The summed E-state index contributed by atoms with van der Waals surface area (Å²) >= 11 is 1.59. The second-order valence-corrected chi connectivity index (χ2v) is 6.64. The second kappa shape index (κ2) is 6.14. The van der Waals surface area contributed by atoms with Crippen molar-refractivity contribution >= 4 is 27.0 Å². The highest BCUT2D eigenvalue weighted by Crippen LogP contribution is 2.20. The Hall–Kier alpha value is -1.44. The maximum Gasteiger partial charge on any atom is 0.242 e. The molecule has 19 heavy (non-hydrogen) atoms. The van der Waals surface area contributed by atoms with Crippen molar-refractivity contribution in [2.75, 3.05) is 18.9 Å². The minimum absolute atomic E-state index is 0.261. The molecular weight excluding hydrogens is 282 g/mol. The number of para-hydroxylation sites is 1. The second-order valence-electron chi connectivity index (χ2n) is 3.81. The Bertz CT molecular complexity index is 624. The van der Waals surface area contributed by atoms with Crippen LogP contribution in [-0.4, -0.2) is 27.0 Å². The molecule has 2 N–H and O–H groups in total. The number of hydrogen-bond donors (Lipinski definition) is 2. The van der Waals surface area contributed by atoms with Crippen molar-refractivity contribution in [3.05, 3.63) is 40.8 Å². The molecule has 0 saturated heterocycles. The maximum absolute atomic E-state index is 11.9. The average molecular weight is 297 g/mol. The molecule has 2 aromatic rings. The van der Waals surface area contributed by atoms with Crippen LogP contribution in [0.5, 0.6) is 0 Å². The van der Waals surface area contributed by atoms with E-state index in [-0.39, 0.29) is 4.90 Å². The third kappa shape index (κ3) is 3.52. The molecule has 1 aromatic carbocycles. The van der Waals surface area contributed by atoms with Gasteiger partial charge < -0.3 is 5.32 Å². The zero-order valence-electron chi connectivity index (χ0n) is 10.5. The summed E-state index contributed by atoms with van der Waals surface area (Å²) in [6, 6.07) is 6.85. The van der Waals surface area contributed by atoms with E-state index in [0.29, 0.717) is 12.2 Å². The summed E-state index contributed by atoms with van der Waals surface area (Å²) < 4.78 is 26.0. The number of hydrogen-bond acceptors (Lipinski definition) is 5. The number of nitrogens with zero attached hydrogens (tertiary/aromatic N) is 1. The first kappa shape index (κ1) is 14.0. The van der Waals surface area contributed by atoms with Gasteiger partial charge in [-0.15, -0.1) is 11.3 Å². The molecule has 0 aliphatic heterocycles. The predicted octanol–water partition coefficient (Wildman–Crippen LogP) is 1.71. The lowest BCUT2D eigenvalue weighted by Gasteiger charge is -2.11. The fourth-order valence-electron chi connectivity index (χ4n) is 1.64. The van der Waals surface area contributed by atoms with Gasteiger partial charge in [0.1, 0.15) is 4.90 Å². The number of anilines is 1. The zero-order chi connectivity index (χ0) is 13.7. The molecule has 0 spiro atoms. The summed E-state index contributed by atoms with van der Waals surface area (Å²) in [7, 11) is -2.03. The van der Waals surface area contributed by atoms with Gasteiger partial charge in [-0.1, -0.05) is 12.1 Å². The van der Waals surface area contributed by atoms with E-state index in [2.05, 4.69) is 15.0 Å². The SMILES string of the molecule is CNS(=O)(=O)c1ccccc1NCCc1nccs1. The highest BCUT2D eigenvalue weighted by atomic mass is 32.2. The van der Waals surface area contributed by atoms with Crippen LogP contribution in [0.3, 0.4) is 0 Å². The number of thiazole rings is 1. The van der Waals surface area contributed by atoms with Crippen LogP contribution in [-0.2, 0) is 16.4 Å². The van der Waals surface area contributed by atoms with Crippen LogP contribution in [0.25, 0.3) is 0 Å². The van der Waals surface area contributed by atoms with Crippen molar-refractivity contribution in [1.82, 2.24) is 9.71 Å². The number of sulfonamides is 1. The summed E-state index contributed by atoms with van der Waals surface area (Å²) in [5.74, 6) is 0. The molecule has 1 heterocycles. The first-order valence-electron chi connectivity index (χ1n) is 5.78. The highest BCUT2D eigenvalue weighted by Gasteiger charge is 2.15. The van der Waals surface area contributed by atoms with Gasteiger partial charge >= 0.3 is 0 Å². The van der Waals surface area contributed by atoms with E-state index < -0.39 is 10.0 Å². The highest BCUT2D eigenvalue weighted by molar-refractivity contribution is 7.89. The Morgan fingerprint density at radius 2 is 2.11 bits per heavy atom. The molecule has 2 rings (SSSR count). The molecule has 1 aromatic heterocycles. The third-order valence-corrected chi connectivity index (χ3v) is 4.89. The summed E-state index contributed by atoms with van der Waals surface area (Å²) in [4.78, 5) is 4.44. The predicted molar refractivity (Wildman–Crippen MR) is 77.0 cm³/mol. The van der Waals surface area contributed by atoms with E-state index >= 15 is 0 Å². The van der Waals surface area contributed by atoms with E-state index in [1.807, 2.05) is 5.38 Å². The monoisotopic (exact) mass is 297 g/mol. The van der Waals surface area contributed by atoms with Crippen LogP contribution in [0, 0.1) is 0 Å². The van der Waals surface area contributed by atoms with Gasteiger partial charge in [-0.3, -0.25) is 0 Å². The molecule has 0 fully saturated rings. The Labute approximate surface area is 116 Å². The number of benzene rings is 1. The maximum atomic E-state index is 11.9. The van der Waals surface area contributed by atoms with Crippen LogP contribution in [0.4, 0.5) is 5.69 Å². The van der Waals surface area contributed by atoms with Gasteiger partial charge in [0.2, 0.25) is 10.0 Å². The largest absolute Gasteiger partial charge is 0.384 e. The molecule has 7 heteroatoms. The van der Waals surface area contributed by atoms with Gasteiger partial charge in [0.05, 0.1) is 10.7 Å². The van der Waals surface area contributed by atoms with Crippen LogP contribution in [0.15, 0.2) is 40.7 Å². The summed E-state index contributed by atoms with van der Waals surface area (Å²) in [6.45, 7) is 0.643. The minimum Gasteiger partial charge on any atom is -0.384 e. The van der Waals surface area contributed by atoms with E-state index in [9.17, 15) is 8.42 Å². The molecule has 0 atom stereocenters. The van der Waals surface area contributed by atoms with Gasteiger partial charge in [0.25, 0.3) is 0 Å². The van der Waals surface area contributed by atoms with Crippen molar-refractivity contribution in [2.24, 2.45) is 0 Å². The van der Waals surface area contributed by atoms with E-state index in [0.717, 1.165) is 11.4 Å². The zero-order valence-corrected chi connectivity index (χ0v) is 12.1. The molecule has 102 valence electrons. The lowest BCUT2D eigenvalue weighted by atomic mass is 10.3. The summed E-state index contributed by atoms with van der Waals surface area (Å²) in [5, 5.41) is 6.09. The molecule has 0 radical (unpaired) electrons. The number of nitrogens with one attached hydrogen (secondary N) is 2. The van der Waals surface area contributed by atoms with E-state index in [1.165, 1.54) is 7.05 Å². The van der Waals surface area contributed by atoms with E-state index in [1.54, 1.807) is 41.8 Å². The van der Waals surface area contributed by atoms with Crippen molar-refractivity contribution in [3.63, 3.8) is 0 Å². The molecule has 0 aliphatic carbocycles. The van der Waals surface area contributed by atoms with Crippen molar-refractivity contribution in [2.45, 2.75) is 11.3 Å². The van der Waals surface area contributed by atoms with Gasteiger partial charge in [-0.05, 0) is 19.2 Å². The van der Waals surface area contributed by atoms with Crippen molar-refractivity contribution in [1.29, 1.82) is 0 Å². The first-order chi connectivity index (χ1) is 9.13. The molecule has 0 unspecified atom stereocenters.